The van der Waals surface area contributed by atoms with Crippen molar-refractivity contribution in [2.45, 2.75) is 33.2 Å². The average Bonchev–Trinajstić information content (AvgIpc) is 2.57. The third-order valence-corrected chi connectivity index (χ3v) is 4.07. The highest BCUT2D eigenvalue weighted by atomic mass is 16.5. The maximum absolute atomic E-state index is 12.8. The molecule has 26 heavy (non-hydrogen) atoms. The number of benzene rings is 1. The van der Waals surface area contributed by atoms with E-state index in [-0.39, 0.29) is 24.8 Å². The van der Waals surface area contributed by atoms with E-state index in [0.717, 1.165) is 5.56 Å². The first kappa shape index (κ1) is 21.6. The van der Waals surface area contributed by atoms with Crippen molar-refractivity contribution in [3.8, 4) is 0 Å². The van der Waals surface area contributed by atoms with Crippen LogP contribution in [0.3, 0.4) is 0 Å². The molecule has 144 valence electrons. The van der Waals surface area contributed by atoms with Crippen molar-refractivity contribution >= 4 is 18.2 Å². The molecule has 0 saturated carbocycles. The van der Waals surface area contributed by atoms with E-state index < -0.39 is 17.4 Å². The van der Waals surface area contributed by atoms with Gasteiger partial charge in [0.05, 0.1) is 12.5 Å². The molecule has 0 aliphatic rings. The van der Waals surface area contributed by atoms with Gasteiger partial charge >= 0.3 is 0 Å². The standard InChI is InChI=1S/C19H29N3O4/c1-19(2,3)16(18(25)21(4)5)20-17(24)15(12-22(26)13-23)11-14-9-7-6-8-10-14/h6-10,13,15-16,26H,11-12H2,1-5H3,(H,20,24)/t15?,16-/m1/s1. The molecular formula is C19H29N3O4. The maximum Gasteiger partial charge on any atom is 0.245 e. The van der Waals surface area contributed by atoms with Crippen LogP contribution in [-0.2, 0) is 20.8 Å². The first-order valence-electron chi connectivity index (χ1n) is 8.52. The van der Waals surface area contributed by atoms with E-state index >= 15 is 0 Å². The Balaban J connectivity index is 3.01. The zero-order valence-electron chi connectivity index (χ0n) is 16.1. The zero-order chi connectivity index (χ0) is 19.9. The van der Waals surface area contributed by atoms with E-state index in [1.165, 1.54) is 4.90 Å². The predicted molar refractivity (Wildman–Crippen MR) is 98.3 cm³/mol. The summed E-state index contributed by atoms with van der Waals surface area (Å²) in [6.07, 6.45) is 0.599. The fraction of sp³-hybridized carbons (Fsp3) is 0.526. The van der Waals surface area contributed by atoms with Crippen LogP contribution in [0.4, 0.5) is 0 Å². The van der Waals surface area contributed by atoms with Gasteiger partial charge < -0.3 is 10.2 Å². The third kappa shape index (κ3) is 6.48. The van der Waals surface area contributed by atoms with Gasteiger partial charge in [-0.1, -0.05) is 51.1 Å². The van der Waals surface area contributed by atoms with Crippen LogP contribution in [0.25, 0.3) is 0 Å². The normalized spacial score (nSPS) is 13.5. The molecule has 0 spiro atoms. The lowest BCUT2D eigenvalue weighted by Crippen LogP contribution is -2.55. The number of amides is 3. The first-order valence-corrected chi connectivity index (χ1v) is 8.52. The van der Waals surface area contributed by atoms with Gasteiger partial charge in [0.1, 0.15) is 6.04 Å². The van der Waals surface area contributed by atoms with Crippen LogP contribution < -0.4 is 5.32 Å². The minimum absolute atomic E-state index is 0.156. The molecule has 1 aromatic rings. The highest BCUT2D eigenvalue weighted by molar-refractivity contribution is 5.89. The summed E-state index contributed by atoms with van der Waals surface area (Å²) >= 11 is 0. The van der Waals surface area contributed by atoms with Crippen molar-refractivity contribution in [3.63, 3.8) is 0 Å². The molecule has 3 amide bonds. The lowest BCUT2D eigenvalue weighted by atomic mass is 9.85. The summed E-state index contributed by atoms with van der Waals surface area (Å²) in [6, 6.07) is 8.60. The monoisotopic (exact) mass is 363 g/mol. The van der Waals surface area contributed by atoms with E-state index in [2.05, 4.69) is 5.32 Å². The Morgan fingerprint density at radius 2 is 1.77 bits per heavy atom. The van der Waals surface area contributed by atoms with E-state index in [9.17, 15) is 19.6 Å². The molecule has 7 heteroatoms. The molecule has 0 saturated heterocycles. The van der Waals surface area contributed by atoms with Crippen molar-refractivity contribution in [3.05, 3.63) is 35.9 Å². The van der Waals surface area contributed by atoms with Crippen LogP contribution in [0.2, 0.25) is 0 Å². The summed E-state index contributed by atoms with van der Waals surface area (Å²) in [4.78, 5) is 37.5. The Morgan fingerprint density at radius 3 is 2.23 bits per heavy atom. The molecule has 7 nitrogen and oxygen atoms in total. The second-order valence-electron chi connectivity index (χ2n) is 7.65. The van der Waals surface area contributed by atoms with Gasteiger partial charge in [-0.05, 0) is 17.4 Å². The number of hydrogen-bond acceptors (Lipinski definition) is 4. The Hall–Kier alpha value is -2.41. The van der Waals surface area contributed by atoms with Crippen molar-refractivity contribution in [1.29, 1.82) is 0 Å². The zero-order valence-corrected chi connectivity index (χ0v) is 16.1. The smallest absolute Gasteiger partial charge is 0.245 e. The van der Waals surface area contributed by atoms with Crippen molar-refractivity contribution < 1.29 is 19.6 Å². The number of hydrogen-bond donors (Lipinski definition) is 2. The van der Waals surface area contributed by atoms with E-state index in [4.69, 9.17) is 0 Å². The van der Waals surface area contributed by atoms with E-state index in [1.807, 2.05) is 51.1 Å². The summed E-state index contributed by atoms with van der Waals surface area (Å²) in [6.45, 7) is 5.46. The fourth-order valence-corrected chi connectivity index (χ4v) is 2.57. The molecule has 2 N–H and O–H groups in total. The fourth-order valence-electron chi connectivity index (χ4n) is 2.57. The summed E-state index contributed by atoms with van der Waals surface area (Å²) in [7, 11) is 3.27. The van der Waals surface area contributed by atoms with Crippen LogP contribution in [-0.4, -0.2) is 60.1 Å². The summed E-state index contributed by atoms with van der Waals surface area (Å²) in [5.74, 6) is -1.28. The third-order valence-electron chi connectivity index (χ3n) is 4.07. The molecule has 1 unspecified atom stereocenters. The molecule has 1 rings (SSSR count). The quantitative estimate of drug-likeness (QED) is 0.414. The first-order chi connectivity index (χ1) is 12.1. The molecule has 1 aromatic carbocycles. The van der Waals surface area contributed by atoms with Crippen molar-refractivity contribution in [2.75, 3.05) is 20.6 Å². The minimum Gasteiger partial charge on any atom is -0.347 e. The summed E-state index contributed by atoms with van der Waals surface area (Å²) in [5.41, 5.74) is 0.413. The molecule has 0 bridgehead atoms. The van der Waals surface area contributed by atoms with Gasteiger partial charge in [-0.25, -0.2) is 5.06 Å². The SMILES string of the molecule is CN(C)C(=O)[C@@H](NC(=O)C(Cc1ccccc1)CN(O)C=O)C(C)(C)C. The molecule has 0 heterocycles. The second kappa shape index (κ2) is 9.33. The van der Waals surface area contributed by atoms with Gasteiger partial charge in [-0.3, -0.25) is 19.6 Å². The van der Waals surface area contributed by atoms with E-state index in [1.54, 1.807) is 14.1 Å². The Kier molecular flexibility index (Phi) is 7.76. The van der Waals surface area contributed by atoms with Crippen molar-refractivity contribution in [1.82, 2.24) is 15.3 Å². The topological polar surface area (TPSA) is 90.0 Å². The Labute approximate surface area is 154 Å². The van der Waals surface area contributed by atoms with Crippen LogP contribution in [0, 0.1) is 11.3 Å². The van der Waals surface area contributed by atoms with Crippen molar-refractivity contribution in [2.24, 2.45) is 11.3 Å². The molecule has 0 aliphatic heterocycles. The number of nitrogens with zero attached hydrogens (tertiary/aromatic N) is 2. The number of hydroxylamine groups is 2. The van der Waals surface area contributed by atoms with E-state index in [0.29, 0.717) is 11.5 Å². The molecule has 0 aromatic heterocycles. The number of carbonyl (C=O) groups is 3. The second-order valence-corrected chi connectivity index (χ2v) is 7.65. The highest BCUT2D eigenvalue weighted by Crippen LogP contribution is 2.21. The van der Waals surface area contributed by atoms with Crippen LogP contribution in [0.15, 0.2) is 30.3 Å². The van der Waals surface area contributed by atoms with Gasteiger partial charge in [0.15, 0.2) is 0 Å². The van der Waals surface area contributed by atoms with Gasteiger partial charge in [0, 0.05) is 14.1 Å². The van der Waals surface area contributed by atoms with Gasteiger partial charge in [-0.15, -0.1) is 0 Å². The molecule has 0 radical (unpaired) electrons. The highest BCUT2D eigenvalue weighted by Gasteiger charge is 2.35. The lowest BCUT2D eigenvalue weighted by Gasteiger charge is -2.33. The average molecular weight is 363 g/mol. The predicted octanol–water partition coefficient (Wildman–Crippen LogP) is 1.31. The Bertz CT molecular complexity index is 611. The van der Waals surface area contributed by atoms with Crippen LogP contribution in [0.5, 0.6) is 0 Å². The van der Waals surface area contributed by atoms with Gasteiger partial charge in [0.2, 0.25) is 18.2 Å². The largest absolute Gasteiger partial charge is 0.347 e. The summed E-state index contributed by atoms with van der Waals surface area (Å²) < 4.78 is 0. The van der Waals surface area contributed by atoms with Crippen LogP contribution >= 0.6 is 0 Å². The number of likely N-dealkylation sites (N-methyl/N-ethyl adjacent to an activating group) is 1. The Morgan fingerprint density at radius 1 is 1.19 bits per heavy atom. The molecule has 0 aliphatic carbocycles. The number of carbonyl (C=O) groups excluding carboxylic acids is 3. The minimum atomic E-state index is -0.716. The van der Waals surface area contributed by atoms with Gasteiger partial charge in [-0.2, -0.15) is 0 Å². The maximum atomic E-state index is 12.8. The number of rotatable bonds is 8. The van der Waals surface area contributed by atoms with Crippen LogP contribution in [0.1, 0.15) is 26.3 Å². The lowest BCUT2D eigenvalue weighted by molar-refractivity contribution is -0.155. The van der Waals surface area contributed by atoms with Gasteiger partial charge in [0.25, 0.3) is 0 Å². The molecular weight excluding hydrogens is 334 g/mol. The number of nitrogens with one attached hydrogen (secondary N) is 1. The molecule has 0 fully saturated rings. The molecule has 2 atom stereocenters. The summed E-state index contributed by atoms with van der Waals surface area (Å²) in [5, 5.41) is 12.8.